The third-order valence-corrected chi connectivity index (χ3v) is 2.60. The zero-order chi connectivity index (χ0) is 12.4. The Morgan fingerprint density at radius 1 is 1.24 bits per heavy atom. The molecule has 0 aliphatic carbocycles. The fraction of sp³-hybridized carbons (Fsp3) is 0.231. The molecule has 0 aliphatic heterocycles. The average Bonchev–Trinajstić information content (AvgIpc) is 2.30. The van der Waals surface area contributed by atoms with Crippen molar-refractivity contribution < 1.29 is 4.39 Å². The van der Waals surface area contributed by atoms with E-state index in [0.717, 1.165) is 16.7 Å². The number of halogens is 1. The second-order valence-electron chi connectivity index (χ2n) is 3.96. The summed E-state index contributed by atoms with van der Waals surface area (Å²) in [5.41, 5.74) is 3.29. The summed E-state index contributed by atoms with van der Waals surface area (Å²) in [6.45, 7) is 3.95. The maximum atomic E-state index is 13.7. The van der Waals surface area contributed by atoms with Gasteiger partial charge in [0.15, 0.2) is 5.82 Å². The molecule has 0 saturated carbocycles. The minimum atomic E-state index is -0.407. The molecule has 2 aromatic rings. The van der Waals surface area contributed by atoms with E-state index in [0.29, 0.717) is 11.6 Å². The lowest BCUT2D eigenvalue weighted by atomic mass is 10.0. The van der Waals surface area contributed by atoms with Crippen LogP contribution in [0.1, 0.15) is 11.1 Å². The lowest BCUT2D eigenvalue weighted by Crippen LogP contribution is -2.00. The standard InChI is InChI=1S/C13H14FN3/c1-8-4-5-10(9(2)6-8)12-11(14)7-16-13(15-3)17-12/h4-7H,1-3H3,(H,15,16,17). The Morgan fingerprint density at radius 3 is 2.65 bits per heavy atom. The van der Waals surface area contributed by atoms with Crippen molar-refractivity contribution in [3.05, 3.63) is 41.3 Å². The number of nitrogens with one attached hydrogen (secondary N) is 1. The second-order valence-corrected chi connectivity index (χ2v) is 3.96. The third kappa shape index (κ3) is 2.25. The van der Waals surface area contributed by atoms with Gasteiger partial charge in [0.05, 0.1) is 6.20 Å². The summed E-state index contributed by atoms with van der Waals surface area (Å²) in [7, 11) is 1.71. The van der Waals surface area contributed by atoms with Crippen molar-refractivity contribution in [1.82, 2.24) is 9.97 Å². The molecule has 0 spiro atoms. The highest BCUT2D eigenvalue weighted by Gasteiger charge is 2.11. The van der Waals surface area contributed by atoms with Crippen LogP contribution < -0.4 is 5.32 Å². The van der Waals surface area contributed by atoms with E-state index in [2.05, 4.69) is 15.3 Å². The van der Waals surface area contributed by atoms with Crippen molar-refractivity contribution in [2.24, 2.45) is 0 Å². The summed E-state index contributed by atoms with van der Waals surface area (Å²) in [4.78, 5) is 7.99. The number of hydrogen-bond donors (Lipinski definition) is 1. The highest BCUT2D eigenvalue weighted by Crippen LogP contribution is 2.25. The van der Waals surface area contributed by atoms with E-state index in [-0.39, 0.29) is 0 Å². The molecule has 0 fully saturated rings. The quantitative estimate of drug-likeness (QED) is 0.863. The number of nitrogens with zero attached hydrogens (tertiary/aromatic N) is 2. The molecule has 0 unspecified atom stereocenters. The number of aryl methyl sites for hydroxylation is 2. The fourth-order valence-electron chi connectivity index (χ4n) is 1.76. The first-order valence-corrected chi connectivity index (χ1v) is 5.39. The first-order valence-electron chi connectivity index (χ1n) is 5.39. The van der Waals surface area contributed by atoms with E-state index < -0.39 is 5.82 Å². The number of rotatable bonds is 2. The SMILES string of the molecule is CNc1ncc(F)c(-c2ccc(C)cc2C)n1. The zero-order valence-electron chi connectivity index (χ0n) is 10.1. The minimum Gasteiger partial charge on any atom is -0.357 e. The number of anilines is 1. The van der Waals surface area contributed by atoms with Crippen molar-refractivity contribution in [2.75, 3.05) is 12.4 Å². The van der Waals surface area contributed by atoms with Gasteiger partial charge in [0, 0.05) is 12.6 Å². The third-order valence-electron chi connectivity index (χ3n) is 2.60. The molecule has 2 rings (SSSR count). The summed E-state index contributed by atoms with van der Waals surface area (Å²) in [5, 5.41) is 2.81. The molecule has 4 heteroatoms. The molecule has 1 heterocycles. The molecule has 1 aromatic heterocycles. The number of hydrogen-bond acceptors (Lipinski definition) is 3. The van der Waals surface area contributed by atoms with Crippen LogP contribution in [0.5, 0.6) is 0 Å². The van der Waals surface area contributed by atoms with Gasteiger partial charge >= 0.3 is 0 Å². The Bertz CT molecular complexity index is 552. The van der Waals surface area contributed by atoms with Crippen LogP contribution in [-0.4, -0.2) is 17.0 Å². The summed E-state index contributed by atoms with van der Waals surface area (Å²) in [5.74, 6) is 0.0114. The molecule has 0 radical (unpaired) electrons. The summed E-state index contributed by atoms with van der Waals surface area (Å²) >= 11 is 0. The van der Waals surface area contributed by atoms with Crippen LogP contribution in [0.15, 0.2) is 24.4 Å². The molecule has 0 atom stereocenters. The van der Waals surface area contributed by atoms with Crippen molar-refractivity contribution in [3.8, 4) is 11.3 Å². The van der Waals surface area contributed by atoms with Crippen LogP contribution in [0, 0.1) is 19.7 Å². The van der Waals surface area contributed by atoms with Crippen molar-refractivity contribution in [3.63, 3.8) is 0 Å². The Hall–Kier alpha value is -1.97. The topological polar surface area (TPSA) is 37.8 Å². The van der Waals surface area contributed by atoms with E-state index in [1.807, 2.05) is 32.0 Å². The predicted octanol–water partition coefficient (Wildman–Crippen LogP) is 2.94. The van der Waals surface area contributed by atoms with Crippen LogP contribution in [0.2, 0.25) is 0 Å². The van der Waals surface area contributed by atoms with Gasteiger partial charge in [-0.2, -0.15) is 0 Å². The van der Waals surface area contributed by atoms with Gasteiger partial charge in [-0.3, -0.25) is 0 Å². The maximum Gasteiger partial charge on any atom is 0.223 e. The van der Waals surface area contributed by atoms with Crippen LogP contribution >= 0.6 is 0 Å². The van der Waals surface area contributed by atoms with Gasteiger partial charge in [-0.05, 0) is 19.4 Å². The highest BCUT2D eigenvalue weighted by molar-refractivity contribution is 5.65. The Labute approximate surface area is 99.7 Å². The first-order chi connectivity index (χ1) is 8.11. The largest absolute Gasteiger partial charge is 0.357 e. The molecule has 0 saturated heterocycles. The summed E-state index contributed by atoms with van der Waals surface area (Å²) < 4.78 is 13.7. The Balaban J connectivity index is 2.59. The minimum absolute atomic E-state index is 0.335. The van der Waals surface area contributed by atoms with Gasteiger partial charge in [-0.15, -0.1) is 0 Å². The molecule has 3 nitrogen and oxygen atoms in total. The van der Waals surface area contributed by atoms with Gasteiger partial charge in [0.25, 0.3) is 0 Å². The molecule has 88 valence electrons. The van der Waals surface area contributed by atoms with E-state index in [1.165, 1.54) is 6.20 Å². The van der Waals surface area contributed by atoms with Crippen LogP contribution in [0.25, 0.3) is 11.3 Å². The van der Waals surface area contributed by atoms with Gasteiger partial charge in [0.2, 0.25) is 5.95 Å². The van der Waals surface area contributed by atoms with E-state index in [1.54, 1.807) is 7.05 Å². The lowest BCUT2D eigenvalue weighted by Gasteiger charge is -2.08. The van der Waals surface area contributed by atoms with Gasteiger partial charge in [-0.1, -0.05) is 23.8 Å². The monoisotopic (exact) mass is 231 g/mol. The summed E-state index contributed by atoms with van der Waals surface area (Å²) in [6.07, 6.45) is 1.19. The molecule has 1 aromatic carbocycles. The van der Waals surface area contributed by atoms with Crippen molar-refractivity contribution >= 4 is 5.95 Å². The van der Waals surface area contributed by atoms with Crippen molar-refractivity contribution in [2.45, 2.75) is 13.8 Å². The van der Waals surface area contributed by atoms with E-state index >= 15 is 0 Å². The molecular formula is C13H14FN3. The fourth-order valence-corrected chi connectivity index (χ4v) is 1.76. The molecule has 0 bridgehead atoms. The normalized spacial score (nSPS) is 10.4. The zero-order valence-corrected chi connectivity index (χ0v) is 10.1. The van der Waals surface area contributed by atoms with E-state index in [9.17, 15) is 4.39 Å². The van der Waals surface area contributed by atoms with Gasteiger partial charge in [-0.25, -0.2) is 14.4 Å². The number of aromatic nitrogens is 2. The Kier molecular flexibility index (Phi) is 3.04. The van der Waals surface area contributed by atoms with Crippen LogP contribution in [-0.2, 0) is 0 Å². The lowest BCUT2D eigenvalue weighted by molar-refractivity contribution is 0.618. The first kappa shape index (κ1) is 11.5. The predicted molar refractivity (Wildman–Crippen MR) is 66.4 cm³/mol. The highest BCUT2D eigenvalue weighted by atomic mass is 19.1. The molecule has 0 aliphatic rings. The molecular weight excluding hydrogens is 217 g/mol. The Morgan fingerprint density at radius 2 is 2.00 bits per heavy atom. The molecule has 17 heavy (non-hydrogen) atoms. The maximum absolute atomic E-state index is 13.7. The average molecular weight is 231 g/mol. The van der Waals surface area contributed by atoms with E-state index in [4.69, 9.17) is 0 Å². The second kappa shape index (κ2) is 4.49. The number of benzene rings is 1. The summed E-state index contributed by atoms with van der Waals surface area (Å²) in [6, 6.07) is 5.84. The molecule has 0 amide bonds. The van der Waals surface area contributed by atoms with Crippen LogP contribution in [0.4, 0.5) is 10.3 Å². The van der Waals surface area contributed by atoms with Crippen molar-refractivity contribution in [1.29, 1.82) is 0 Å². The van der Waals surface area contributed by atoms with Crippen LogP contribution in [0.3, 0.4) is 0 Å². The van der Waals surface area contributed by atoms with Gasteiger partial charge in [0.1, 0.15) is 5.69 Å². The smallest absolute Gasteiger partial charge is 0.223 e. The molecule has 1 N–H and O–H groups in total. The van der Waals surface area contributed by atoms with Gasteiger partial charge < -0.3 is 5.32 Å².